The van der Waals surface area contributed by atoms with Crippen LogP contribution in [0, 0.1) is 0 Å². The Morgan fingerprint density at radius 1 is 1.20 bits per heavy atom. The molecule has 0 aliphatic rings. The van der Waals surface area contributed by atoms with Gasteiger partial charge >= 0.3 is 0 Å². The summed E-state index contributed by atoms with van der Waals surface area (Å²) in [4.78, 5) is 0. The first kappa shape index (κ1) is 12.4. The van der Waals surface area contributed by atoms with E-state index in [0.29, 0.717) is 6.61 Å². The maximum atomic E-state index is 5.63. The van der Waals surface area contributed by atoms with Crippen molar-refractivity contribution in [2.45, 2.75) is 19.3 Å². The second-order valence-electron chi connectivity index (χ2n) is 2.96. The third-order valence-electron chi connectivity index (χ3n) is 1.83. The van der Waals surface area contributed by atoms with E-state index in [2.05, 4.69) is 6.92 Å². The van der Waals surface area contributed by atoms with Crippen LogP contribution in [0.25, 0.3) is 0 Å². The lowest BCUT2D eigenvalue weighted by Gasteiger charge is -2.16. The lowest BCUT2D eigenvalue weighted by atomic mass is 10.3. The molecule has 2 nitrogen and oxygen atoms in total. The molecule has 1 atom stereocenters. The fourth-order valence-electron chi connectivity index (χ4n) is 1.20. The zero-order valence-corrected chi connectivity index (χ0v) is 10.1. The van der Waals surface area contributed by atoms with Gasteiger partial charge < -0.3 is 9.47 Å². The second-order valence-corrected chi connectivity index (χ2v) is 4.40. The van der Waals surface area contributed by atoms with E-state index in [-0.39, 0.29) is 5.44 Å². The molecule has 0 saturated carbocycles. The van der Waals surface area contributed by atoms with Gasteiger partial charge in [0.15, 0.2) is 0 Å². The lowest BCUT2D eigenvalue weighted by molar-refractivity contribution is 0.0856. The minimum atomic E-state index is 0.139. The van der Waals surface area contributed by atoms with Gasteiger partial charge in [0.1, 0.15) is 17.8 Å². The Kier molecular flexibility index (Phi) is 6.28. The number of para-hydroxylation sites is 1. The smallest absolute Gasteiger partial charge is 0.137 e. The first-order valence-corrected chi connectivity index (χ1v) is 6.32. The molecule has 0 spiro atoms. The Morgan fingerprint density at radius 2 is 1.93 bits per heavy atom. The number of thioether (sulfide) groups is 1. The minimum Gasteiger partial charge on any atom is -0.490 e. The molecule has 0 bridgehead atoms. The maximum absolute atomic E-state index is 5.63. The van der Waals surface area contributed by atoms with Gasteiger partial charge in [0.25, 0.3) is 0 Å². The van der Waals surface area contributed by atoms with Gasteiger partial charge in [0.05, 0.1) is 0 Å². The van der Waals surface area contributed by atoms with Crippen LogP contribution in [0.15, 0.2) is 30.3 Å². The van der Waals surface area contributed by atoms with Gasteiger partial charge in [-0.25, -0.2) is 0 Å². The Bertz CT molecular complexity index is 245. The van der Waals surface area contributed by atoms with Crippen molar-refractivity contribution in [3.8, 4) is 5.75 Å². The van der Waals surface area contributed by atoms with Crippen molar-refractivity contribution in [1.82, 2.24) is 0 Å². The van der Waals surface area contributed by atoms with E-state index in [9.17, 15) is 0 Å². The van der Waals surface area contributed by atoms with Gasteiger partial charge in [-0.15, -0.1) is 11.8 Å². The van der Waals surface area contributed by atoms with Gasteiger partial charge in [0.2, 0.25) is 0 Å². The molecule has 15 heavy (non-hydrogen) atoms. The number of hydrogen-bond acceptors (Lipinski definition) is 3. The Morgan fingerprint density at radius 3 is 2.53 bits per heavy atom. The SMILES string of the molecule is CCOC(COc1ccccc1)SCC. The first-order valence-electron chi connectivity index (χ1n) is 5.27. The normalized spacial score (nSPS) is 12.4. The Balaban J connectivity index is 2.33. The Hall–Kier alpha value is -0.670. The third-order valence-corrected chi connectivity index (χ3v) is 2.81. The van der Waals surface area contributed by atoms with Crippen molar-refractivity contribution in [3.05, 3.63) is 30.3 Å². The highest BCUT2D eigenvalue weighted by Crippen LogP contribution is 2.15. The number of ether oxygens (including phenoxy) is 2. The van der Waals surface area contributed by atoms with Crippen molar-refractivity contribution in [2.24, 2.45) is 0 Å². The van der Waals surface area contributed by atoms with Crippen LogP contribution in [-0.4, -0.2) is 24.4 Å². The summed E-state index contributed by atoms with van der Waals surface area (Å²) in [5, 5.41) is 0. The van der Waals surface area contributed by atoms with E-state index < -0.39 is 0 Å². The van der Waals surface area contributed by atoms with Crippen LogP contribution in [0.3, 0.4) is 0 Å². The van der Waals surface area contributed by atoms with Crippen molar-refractivity contribution in [1.29, 1.82) is 0 Å². The van der Waals surface area contributed by atoms with Crippen molar-refractivity contribution >= 4 is 11.8 Å². The van der Waals surface area contributed by atoms with Crippen LogP contribution < -0.4 is 4.74 Å². The van der Waals surface area contributed by atoms with E-state index in [1.807, 2.05) is 37.3 Å². The van der Waals surface area contributed by atoms with Gasteiger partial charge in [-0.1, -0.05) is 25.1 Å². The zero-order valence-electron chi connectivity index (χ0n) is 9.31. The Labute approximate surface area is 96.0 Å². The lowest BCUT2D eigenvalue weighted by Crippen LogP contribution is -2.18. The fraction of sp³-hybridized carbons (Fsp3) is 0.500. The molecule has 1 aromatic rings. The summed E-state index contributed by atoms with van der Waals surface area (Å²) in [6.07, 6.45) is 0. The standard InChI is InChI=1S/C12H18O2S/c1-3-13-12(15-4-2)10-14-11-8-6-5-7-9-11/h5-9,12H,3-4,10H2,1-2H3. The van der Waals surface area contributed by atoms with E-state index in [4.69, 9.17) is 9.47 Å². The largest absolute Gasteiger partial charge is 0.490 e. The summed E-state index contributed by atoms with van der Waals surface area (Å²) in [5.74, 6) is 1.95. The highest BCUT2D eigenvalue weighted by Gasteiger charge is 2.08. The summed E-state index contributed by atoms with van der Waals surface area (Å²) >= 11 is 1.77. The monoisotopic (exact) mass is 226 g/mol. The molecule has 0 amide bonds. The number of hydrogen-bond donors (Lipinski definition) is 0. The minimum absolute atomic E-state index is 0.139. The second kappa shape index (κ2) is 7.60. The molecule has 0 heterocycles. The van der Waals surface area contributed by atoms with E-state index in [1.54, 1.807) is 11.8 Å². The highest BCUT2D eigenvalue weighted by atomic mass is 32.2. The van der Waals surface area contributed by atoms with E-state index >= 15 is 0 Å². The molecule has 0 saturated heterocycles. The molecule has 3 heteroatoms. The molecule has 84 valence electrons. The molecule has 0 fully saturated rings. The summed E-state index contributed by atoms with van der Waals surface area (Å²) in [5.41, 5.74) is 0.139. The topological polar surface area (TPSA) is 18.5 Å². The van der Waals surface area contributed by atoms with Crippen LogP contribution in [0.1, 0.15) is 13.8 Å². The van der Waals surface area contributed by atoms with Gasteiger partial charge in [0, 0.05) is 6.61 Å². The van der Waals surface area contributed by atoms with Crippen LogP contribution >= 0.6 is 11.8 Å². The first-order chi connectivity index (χ1) is 7.36. The zero-order chi connectivity index (χ0) is 10.9. The average molecular weight is 226 g/mol. The number of rotatable bonds is 7. The summed E-state index contributed by atoms with van der Waals surface area (Å²) in [6, 6.07) is 9.84. The van der Waals surface area contributed by atoms with Crippen molar-refractivity contribution < 1.29 is 9.47 Å². The van der Waals surface area contributed by atoms with E-state index in [1.165, 1.54) is 0 Å². The number of benzene rings is 1. The summed E-state index contributed by atoms with van der Waals surface area (Å²) in [6.45, 7) is 5.47. The van der Waals surface area contributed by atoms with Gasteiger partial charge in [-0.05, 0) is 24.8 Å². The molecule has 0 aliphatic carbocycles. The van der Waals surface area contributed by atoms with Crippen molar-refractivity contribution in [2.75, 3.05) is 19.0 Å². The predicted octanol–water partition coefficient (Wildman–Crippen LogP) is 3.18. The van der Waals surface area contributed by atoms with Crippen LogP contribution in [0.5, 0.6) is 5.75 Å². The molecule has 1 aromatic carbocycles. The average Bonchev–Trinajstić information content (AvgIpc) is 2.28. The molecule has 0 aliphatic heterocycles. The molecule has 0 N–H and O–H groups in total. The quantitative estimate of drug-likeness (QED) is 0.665. The third kappa shape index (κ3) is 5.09. The highest BCUT2D eigenvalue weighted by molar-refractivity contribution is 7.99. The van der Waals surface area contributed by atoms with Gasteiger partial charge in [-0.3, -0.25) is 0 Å². The molecule has 0 aromatic heterocycles. The van der Waals surface area contributed by atoms with E-state index in [0.717, 1.165) is 18.1 Å². The molecular weight excluding hydrogens is 208 g/mol. The summed E-state index contributed by atoms with van der Waals surface area (Å²) in [7, 11) is 0. The molecule has 0 radical (unpaired) electrons. The summed E-state index contributed by atoms with van der Waals surface area (Å²) < 4.78 is 11.2. The van der Waals surface area contributed by atoms with Crippen LogP contribution in [0.2, 0.25) is 0 Å². The van der Waals surface area contributed by atoms with Crippen LogP contribution in [0.4, 0.5) is 0 Å². The molecule has 1 unspecified atom stereocenters. The van der Waals surface area contributed by atoms with Crippen molar-refractivity contribution in [3.63, 3.8) is 0 Å². The predicted molar refractivity (Wildman–Crippen MR) is 65.5 cm³/mol. The maximum Gasteiger partial charge on any atom is 0.137 e. The van der Waals surface area contributed by atoms with Gasteiger partial charge in [-0.2, -0.15) is 0 Å². The van der Waals surface area contributed by atoms with Crippen LogP contribution in [-0.2, 0) is 4.74 Å². The molecule has 1 rings (SSSR count). The molecular formula is C12H18O2S. The fourth-order valence-corrected chi connectivity index (χ4v) is 1.97.